The number of hydrogen-bond acceptors (Lipinski definition) is 4. The largest absolute Gasteiger partial charge is 0.320 e. The topological polar surface area (TPSA) is 85.1 Å². The van der Waals surface area contributed by atoms with Crippen LogP contribution in [0, 0.1) is 17.0 Å². The van der Waals surface area contributed by atoms with Crippen LogP contribution in [0.3, 0.4) is 0 Å². The molecule has 102 valence electrons. The lowest BCUT2D eigenvalue weighted by Crippen LogP contribution is -2.14. The SMILES string of the molecule is Cc1ccc([N+](=O)[O-])cc1NC(=O)c1cccc(Cl)n1. The Morgan fingerprint density at radius 2 is 2.10 bits per heavy atom. The van der Waals surface area contributed by atoms with Gasteiger partial charge in [-0.3, -0.25) is 14.9 Å². The van der Waals surface area contributed by atoms with Gasteiger partial charge < -0.3 is 5.32 Å². The van der Waals surface area contributed by atoms with Gasteiger partial charge in [-0.1, -0.05) is 23.7 Å². The molecule has 6 nitrogen and oxygen atoms in total. The predicted molar refractivity (Wildman–Crippen MR) is 75.0 cm³/mol. The number of carbonyl (C=O) groups excluding carboxylic acids is 1. The summed E-state index contributed by atoms with van der Waals surface area (Å²) in [5.74, 6) is -0.476. The number of nitrogens with one attached hydrogen (secondary N) is 1. The summed E-state index contributed by atoms with van der Waals surface area (Å²) in [6, 6.07) is 8.91. The number of aryl methyl sites for hydroxylation is 1. The van der Waals surface area contributed by atoms with Crippen LogP contribution in [-0.2, 0) is 0 Å². The summed E-state index contributed by atoms with van der Waals surface area (Å²) in [4.78, 5) is 26.1. The van der Waals surface area contributed by atoms with Crippen molar-refractivity contribution in [3.8, 4) is 0 Å². The van der Waals surface area contributed by atoms with Gasteiger partial charge in [0.15, 0.2) is 0 Å². The molecule has 20 heavy (non-hydrogen) atoms. The van der Waals surface area contributed by atoms with Gasteiger partial charge in [-0.15, -0.1) is 0 Å². The maximum absolute atomic E-state index is 12.0. The Balaban J connectivity index is 2.27. The number of nitrogens with zero attached hydrogens (tertiary/aromatic N) is 2. The molecule has 0 aliphatic carbocycles. The van der Waals surface area contributed by atoms with E-state index in [-0.39, 0.29) is 16.5 Å². The van der Waals surface area contributed by atoms with E-state index in [0.717, 1.165) is 0 Å². The van der Waals surface area contributed by atoms with Crippen LogP contribution in [0.15, 0.2) is 36.4 Å². The Bertz CT molecular complexity index is 688. The molecule has 0 saturated heterocycles. The van der Waals surface area contributed by atoms with Crippen LogP contribution in [0.5, 0.6) is 0 Å². The highest BCUT2D eigenvalue weighted by molar-refractivity contribution is 6.29. The lowest BCUT2D eigenvalue weighted by atomic mass is 10.1. The van der Waals surface area contributed by atoms with Crippen molar-refractivity contribution in [1.29, 1.82) is 0 Å². The zero-order valence-electron chi connectivity index (χ0n) is 10.5. The molecule has 1 aromatic heterocycles. The number of anilines is 1. The van der Waals surface area contributed by atoms with Crippen LogP contribution in [0.25, 0.3) is 0 Å². The van der Waals surface area contributed by atoms with Crippen molar-refractivity contribution in [3.63, 3.8) is 0 Å². The molecule has 1 N–H and O–H groups in total. The van der Waals surface area contributed by atoms with Crippen molar-refractivity contribution in [2.45, 2.75) is 6.92 Å². The van der Waals surface area contributed by atoms with Gasteiger partial charge in [0.05, 0.1) is 10.6 Å². The fourth-order valence-corrected chi connectivity index (χ4v) is 1.74. The molecular formula is C13H10ClN3O3. The average Bonchev–Trinajstić information content (AvgIpc) is 2.41. The molecule has 1 heterocycles. The van der Waals surface area contributed by atoms with Gasteiger partial charge in [0.1, 0.15) is 10.8 Å². The number of nitro benzene ring substituents is 1. The Hall–Kier alpha value is -2.47. The second-order valence-electron chi connectivity index (χ2n) is 4.06. The fraction of sp³-hybridized carbons (Fsp3) is 0.0769. The molecule has 1 aromatic carbocycles. The molecule has 0 saturated carbocycles. The third-order valence-electron chi connectivity index (χ3n) is 2.63. The summed E-state index contributed by atoms with van der Waals surface area (Å²) in [6.07, 6.45) is 0. The predicted octanol–water partition coefficient (Wildman–Crippen LogP) is 3.20. The van der Waals surface area contributed by atoms with Crippen LogP contribution >= 0.6 is 11.6 Å². The molecular weight excluding hydrogens is 282 g/mol. The molecule has 2 rings (SSSR count). The summed E-state index contributed by atoms with van der Waals surface area (Å²) in [5.41, 5.74) is 1.13. The van der Waals surface area contributed by atoms with Crippen LogP contribution < -0.4 is 5.32 Å². The van der Waals surface area contributed by atoms with E-state index in [1.807, 2.05) is 0 Å². The number of amides is 1. The normalized spacial score (nSPS) is 10.1. The van der Waals surface area contributed by atoms with E-state index in [2.05, 4.69) is 10.3 Å². The zero-order valence-corrected chi connectivity index (χ0v) is 11.2. The Labute approximate surface area is 119 Å². The van der Waals surface area contributed by atoms with E-state index in [0.29, 0.717) is 11.3 Å². The Morgan fingerprint density at radius 3 is 2.75 bits per heavy atom. The summed E-state index contributed by atoms with van der Waals surface area (Å²) in [5, 5.41) is 13.5. The number of pyridine rings is 1. The van der Waals surface area contributed by atoms with Gasteiger partial charge in [0.2, 0.25) is 0 Å². The van der Waals surface area contributed by atoms with Crippen LogP contribution in [0.2, 0.25) is 5.15 Å². The van der Waals surface area contributed by atoms with Crippen molar-refractivity contribution < 1.29 is 9.72 Å². The van der Waals surface area contributed by atoms with Gasteiger partial charge in [-0.2, -0.15) is 0 Å². The van der Waals surface area contributed by atoms with Crippen molar-refractivity contribution in [3.05, 3.63) is 62.9 Å². The molecule has 0 fully saturated rings. The van der Waals surface area contributed by atoms with Crippen LogP contribution in [-0.4, -0.2) is 15.8 Å². The number of aromatic nitrogens is 1. The van der Waals surface area contributed by atoms with E-state index in [1.54, 1.807) is 25.1 Å². The van der Waals surface area contributed by atoms with Gasteiger partial charge in [-0.25, -0.2) is 4.98 Å². The number of benzene rings is 1. The average molecular weight is 292 g/mol. The number of rotatable bonds is 3. The van der Waals surface area contributed by atoms with E-state index < -0.39 is 10.8 Å². The van der Waals surface area contributed by atoms with E-state index in [9.17, 15) is 14.9 Å². The van der Waals surface area contributed by atoms with Crippen molar-refractivity contribution in [2.24, 2.45) is 0 Å². The molecule has 0 aliphatic heterocycles. The lowest BCUT2D eigenvalue weighted by molar-refractivity contribution is -0.384. The van der Waals surface area contributed by atoms with E-state index in [1.165, 1.54) is 18.2 Å². The summed E-state index contributed by atoms with van der Waals surface area (Å²) in [6.45, 7) is 1.74. The van der Waals surface area contributed by atoms with Gasteiger partial charge in [-0.05, 0) is 24.6 Å². The monoisotopic (exact) mass is 291 g/mol. The van der Waals surface area contributed by atoms with Crippen molar-refractivity contribution >= 4 is 28.9 Å². The standard InChI is InChI=1S/C13H10ClN3O3/c1-8-5-6-9(17(19)20)7-11(8)16-13(18)10-3-2-4-12(14)15-10/h2-7H,1H3,(H,16,18). The van der Waals surface area contributed by atoms with E-state index in [4.69, 9.17) is 11.6 Å². The Kier molecular flexibility index (Phi) is 3.95. The summed E-state index contributed by atoms with van der Waals surface area (Å²) < 4.78 is 0. The summed E-state index contributed by atoms with van der Waals surface area (Å²) >= 11 is 5.71. The minimum atomic E-state index is -0.521. The maximum Gasteiger partial charge on any atom is 0.274 e. The lowest BCUT2D eigenvalue weighted by Gasteiger charge is -2.07. The quantitative estimate of drug-likeness (QED) is 0.534. The van der Waals surface area contributed by atoms with Gasteiger partial charge in [0.25, 0.3) is 11.6 Å². The van der Waals surface area contributed by atoms with Gasteiger partial charge in [0, 0.05) is 12.1 Å². The molecule has 0 atom stereocenters. The first-order valence-electron chi connectivity index (χ1n) is 5.66. The molecule has 0 radical (unpaired) electrons. The molecule has 0 aliphatic rings. The molecule has 2 aromatic rings. The number of hydrogen-bond donors (Lipinski definition) is 1. The molecule has 0 unspecified atom stereocenters. The first kappa shape index (κ1) is 14.0. The van der Waals surface area contributed by atoms with Crippen LogP contribution in [0.4, 0.5) is 11.4 Å². The third kappa shape index (κ3) is 3.10. The smallest absolute Gasteiger partial charge is 0.274 e. The molecule has 0 bridgehead atoms. The zero-order chi connectivity index (χ0) is 14.7. The fourth-order valence-electron chi connectivity index (χ4n) is 1.58. The minimum Gasteiger partial charge on any atom is -0.320 e. The third-order valence-corrected chi connectivity index (χ3v) is 2.84. The first-order chi connectivity index (χ1) is 9.47. The minimum absolute atomic E-state index is 0.0926. The highest BCUT2D eigenvalue weighted by Gasteiger charge is 2.13. The van der Waals surface area contributed by atoms with Crippen LogP contribution in [0.1, 0.15) is 16.1 Å². The number of carbonyl (C=O) groups is 1. The van der Waals surface area contributed by atoms with Gasteiger partial charge >= 0.3 is 0 Å². The van der Waals surface area contributed by atoms with Crippen molar-refractivity contribution in [1.82, 2.24) is 4.98 Å². The first-order valence-corrected chi connectivity index (χ1v) is 6.04. The van der Waals surface area contributed by atoms with E-state index >= 15 is 0 Å². The highest BCUT2D eigenvalue weighted by Crippen LogP contribution is 2.22. The number of non-ortho nitro benzene ring substituents is 1. The molecule has 1 amide bonds. The second-order valence-corrected chi connectivity index (χ2v) is 4.44. The number of nitro groups is 1. The number of halogens is 1. The second kappa shape index (κ2) is 5.66. The Morgan fingerprint density at radius 1 is 1.35 bits per heavy atom. The summed E-state index contributed by atoms with van der Waals surface area (Å²) in [7, 11) is 0. The molecule has 7 heteroatoms. The highest BCUT2D eigenvalue weighted by atomic mass is 35.5. The van der Waals surface area contributed by atoms with Crippen molar-refractivity contribution in [2.75, 3.05) is 5.32 Å². The maximum atomic E-state index is 12.0. The molecule has 0 spiro atoms.